The van der Waals surface area contributed by atoms with Gasteiger partial charge in [0.2, 0.25) is 0 Å². The molecule has 0 radical (unpaired) electrons. The molecule has 7 nitrogen and oxygen atoms in total. The van der Waals surface area contributed by atoms with E-state index >= 15 is 0 Å². The highest BCUT2D eigenvalue weighted by molar-refractivity contribution is 6.19. The summed E-state index contributed by atoms with van der Waals surface area (Å²) in [5, 5.41) is 19.3. The lowest BCUT2D eigenvalue weighted by Crippen LogP contribution is -2.29. The van der Waals surface area contributed by atoms with Crippen molar-refractivity contribution in [2.24, 2.45) is 0 Å². The molecule has 3 aromatic carbocycles. The van der Waals surface area contributed by atoms with E-state index in [1.54, 1.807) is 36.4 Å². The van der Waals surface area contributed by atoms with Crippen LogP contribution in [-0.2, 0) is 22.0 Å². The van der Waals surface area contributed by atoms with Crippen LogP contribution in [0.2, 0.25) is 0 Å². The van der Waals surface area contributed by atoms with Crippen LogP contribution in [0.25, 0.3) is 11.0 Å². The van der Waals surface area contributed by atoms with Gasteiger partial charge in [0.15, 0.2) is 5.78 Å². The van der Waals surface area contributed by atoms with Crippen LogP contribution in [0.5, 0.6) is 11.5 Å². The van der Waals surface area contributed by atoms with E-state index in [1.807, 2.05) is 38.1 Å². The summed E-state index contributed by atoms with van der Waals surface area (Å²) in [5.41, 5.74) is 3.49. The molecular weight excluding hydrogens is 508 g/mol. The average molecular weight is 543 g/mol. The van der Waals surface area contributed by atoms with E-state index < -0.39 is 18.1 Å². The molecule has 4 aromatic rings. The molecule has 2 N–H and O–H groups in total. The maximum atomic E-state index is 13.6. The number of esters is 1. The summed E-state index contributed by atoms with van der Waals surface area (Å²) < 4.78 is 17.6. The zero-order valence-electron chi connectivity index (χ0n) is 23.4. The molecule has 1 atom stereocenters. The number of carbonyl (C=O) groups excluding carboxylic acids is 2. The van der Waals surface area contributed by atoms with Gasteiger partial charge in [0.05, 0.1) is 18.6 Å². The highest BCUT2D eigenvalue weighted by Gasteiger charge is 2.42. The lowest BCUT2D eigenvalue weighted by Gasteiger charge is -2.31. The van der Waals surface area contributed by atoms with E-state index in [-0.39, 0.29) is 30.2 Å². The van der Waals surface area contributed by atoms with Gasteiger partial charge in [-0.15, -0.1) is 0 Å². The Kier molecular flexibility index (Phi) is 7.06. The number of ether oxygens (including phenoxy) is 2. The number of hydrogen-bond donors (Lipinski definition) is 2. The van der Waals surface area contributed by atoms with Crippen LogP contribution < -0.4 is 9.47 Å². The van der Waals surface area contributed by atoms with Gasteiger partial charge >= 0.3 is 5.97 Å². The molecule has 0 bridgehead atoms. The van der Waals surface area contributed by atoms with Gasteiger partial charge in [-0.1, -0.05) is 45.0 Å². The molecule has 0 amide bonds. The second kappa shape index (κ2) is 10.2. The molecule has 0 spiro atoms. The van der Waals surface area contributed by atoms with Crippen molar-refractivity contribution in [1.82, 2.24) is 0 Å². The fourth-order valence-electron chi connectivity index (χ4n) is 5.37. The van der Waals surface area contributed by atoms with Gasteiger partial charge < -0.3 is 24.1 Å². The Hall–Kier alpha value is -3.94. The Morgan fingerprint density at radius 2 is 1.75 bits per heavy atom. The fourth-order valence-corrected chi connectivity index (χ4v) is 5.37. The van der Waals surface area contributed by atoms with Crippen molar-refractivity contribution in [3.05, 3.63) is 94.2 Å². The van der Waals surface area contributed by atoms with E-state index in [9.17, 15) is 14.7 Å². The van der Waals surface area contributed by atoms with Crippen LogP contribution in [0.1, 0.15) is 73.0 Å². The van der Waals surface area contributed by atoms with Gasteiger partial charge in [-0.05, 0) is 66.3 Å². The second-order valence-electron chi connectivity index (χ2n) is 11.8. The first-order valence-electron chi connectivity index (χ1n) is 13.4. The van der Waals surface area contributed by atoms with Gasteiger partial charge in [-0.3, -0.25) is 9.59 Å². The van der Waals surface area contributed by atoms with E-state index in [0.29, 0.717) is 39.4 Å². The number of fused-ring (bicyclic) bond motifs is 4. The Labute approximate surface area is 233 Å². The molecule has 0 saturated carbocycles. The highest BCUT2D eigenvalue weighted by atomic mass is 16.5. The van der Waals surface area contributed by atoms with E-state index in [2.05, 4.69) is 20.8 Å². The van der Waals surface area contributed by atoms with E-state index in [0.717, 1.165) is 16.7 Å². The first-order chi connectivity index (χ1) is 18.9. The maximum Gasteiger partial charge on any atom is 0.315 e. The maximum absolute atomic E-state index is 13.6. The molecule has 208 valence electrons. The van der Waals surface area contributed by atoms with Crippen molar-refractivity contribution < 1.29 is 33.7 Å². The van der Waals surface area contributed by atoms with E-state index in [4.69, 9.17) is 19.0 Å². The summed E-state index contributed by atoms with van der Waals surface area (Å²) >= 11 is 0. The van der Waals surface area contributed by atoms with Crippen molar-refractivity contribution in [3.8, 4) is 11.5 Å². The summed E-state index contributed by atoms with van der Waals surface area (Å²) in [7, 11) is 0. The van der Waals surface area contributed by atoms with Crippen molar-refractivity contribution in [3.63, 3.8) is 0 Å². The second-order valence-corrected chi connectivity index (χ2v) is 11.8. The average Bonchev–Trinajstić information content (AvgIpc) is 3.30. The van der Waals surface area contributed by atoms with Crippen molar-refractivity contribution in [1.29, 1.82) is 0 Å². The topological polar surface area (TPSA) is 106 Å². The highest BCUT2D eigenvalue weighted by Crippen LogP contribution is 2.46. The molecule has 40 heavy (non-hydrogen) atoms. The van der Waals surface area contributed by atoms with Crippen LogP contribution in [0.4, 0.5) is 0 Å². The van der Waals surface area contributed by atoms with Crippen LogP contribution >= 0.6 is 0 Å². The number of carbonyl (C=O) groups is 2. The number of aliphatic hydroxyl groups is 2. The minimum Gasteiger partial charge on any atom is -0.491 e. The summed E-state index contributed by atoms with van der Waals surface area (Å²) in [5.74, 6) is 0.811. The van der Waals surface area contributed by atoms with E-state index in [1.165, 1.54) is 0 Å². The number of aliphatic hydroxyl groups excluding tert-OH is 2. The summed E-state index contributed by atoms with van der Waals surface area (Å²) in [6.45, 7) is 9.81. The third-order valence-corrected chi connectivity index (χ3v) is 7.41. The number of ketones is 1. The zero-order chi connectivity index (χ0) is 28.8. The SMILES string of the molecule is CC(C)(C)c1ccccc1CC(=O)Oc1ccc2c3c(oc2c1)C(C)(C)c1cc(OC[C@H](O)CO)ccc1C3=O. The normalized spacial score (nSPS) is 14.9. The quantitative estimate of drug-likeness (QED) is 0.235. The smallest absolute Gasteiger partial charge is 0.315 e. The number of benzene rings is 3. The minimum absolute atomic E-state index is 0.0666. The van der Waals surface area contributed by atoms with Crippen LogP contribution in [0.3, 0.4) is 0 Å². The summed E-state index contributed by atoms with van der Waals surface area (Å²) in [6.07, 6.45) is -0.857. The Morgan fingerprint density at radius 1 is 1.02 bits per heavy atom. The van der Waals surface area contributed by atoms with Crippen LogP contribution in [0, 0.1) is 0 Å². The molecular formula is C33H34O7. The number of rotatable bonds is 7. The van der Waals surface area contributed by atoms with Crippen LogP contribution in [-0.4, -0.2) is 41.3 Å². The first kappa shape index (κ1) is 27.6. The molecule has 1 aliphatic carbocycles. The molecule has 0 aliphatic heterocycles. The standard InChI is InChI=1S/C33H34O7/c1-32(2,3)25-9-7-6-8-19(25)14-28(36)39-22-11-13-24-27(16-22)40-31-29(24)30(37)23-12-10-21(38-18-20(35)17-34)15-26(23)33(31,4)5/h6-13,15-16,20,34-35H,14,17-18H2,1-5H3/t20-/m1/s1. The molecule has 1 heterocycles. The third-order valence-electron chi connectivity index (χ3n) is 7.41. The summed E-state index contributed by atoms with van der Waals surface area (Å²) in [6, 6.07) is 18.1. The Bertz CT molecular complexity index is 1600. The predicted octanol–water partition coefficient (Wildman–Crippen LogP) is 5.48. The van der Waals surface area contributed by atoms with Crippen molar-refractivity contribution >= 4 is 22.7 Å². The van der Waals surface area contributed by atoms with Gasteiger partial charge in [-0.25, -0.2) is 0 Å². The molecule has 0 saturated heterocycles. The monoisotopic (exact) mass is 542 g/mol. The first-order valence-corrected chi connectivity index (χ1v) is 13.4. The lowest BCUT2D eigenvalue weighted by molar-refractivity contribution is -0.133. The fraction of sp³-hybridized carbons (Fsp3) is 0.333. The molecule has 7 heteroatoms. The number of hydrogen-bond acceptors (Lipinski definition) is 7. The van der Waals surface area contributed by atoms with Gasteiger partial charge in [-0.2, -0.15) is 0 Å². The molecule has 0 unspecified atom stereocenters. The third kappa shape index (κ3) is 5.03. The minimum atomic E-state index is -0.996. The Balaban J connectivity index is 1.43. The zero-order valence-corrected chi connectivity index (χ0v) is 23.4. The molecule has 1 aromatic heterocycles. The van der Waals surface area contributed by atoms with Crippen LogP contribution in [0.15, 0.2) is 65.1 Å². The molecule has 5 rings (SSSR count). The largest absolute Gasteiger partial charge is 0.491 e. The summed E-state index contributed by atoms with van der Waals surface area (Å²) in [4.78, 5) is 26.5. The number of furan rings is 1. The molecule has 1 aliphatic rings. The predicted molar refractivity (Wildman–Crippen MR) is 151 cm³/mol. The molecule has 0 fully saturated rings. The lowest BCUT2D eigenvalue weighted by atomic mass is 9.71. The van der Waals surface area contributed by atoms with Gasteiger partial charge in [0, 0.05) is 22.4 Å². The van der Waals surface area contributed by atoms with Gasteiger partial charge in [0.25, 0.3) is 0 Å². The van der Waals surface area contributed by atoms with Gasteiger partial charge in [0.1, 0.15) is 35.6 Å². The van der Waals surface area contributed by atoms with Crippen molar-refractivity contribution in [2.45, 2.75) is 58.0 Å². The van der Waals surface area contributed by atoms with Crippen molar-refractivity contribution in [2.75, 3.05) is 13.2 Å². The Morgan fingerprint density at radius 3 is 2.48 bits per heavy atom.